The van der Waals surface area contributed by atoms with Crippen LogP contribution in [-0.2, 0) is 16.0 Å². The lowest BCUT2D eigenvalue weighted by atomic mass is 10.1. The first kappa shape index (κ1) is 19.4. The Labute approximate surface area is 160 Å². The zero-order chi connectivity index (χ0) is 20.1. The molecule has 6 nitrogen and oxygen atoms in total. The van der Waals surface area contributed by atoms with Gasteiger partial charge in [-0.2, -0.15) is 0 Å². The molecule has 1 atom stereocenters. The second-order valence-corrected chi connectivity index (χ2v) is 6.39. The zero-order valence-corrected chi connectivity index (χ0v) is 15.3. The van der Waals surface area contributed by atoms with Crippen LogP contribution in [0.15, 0.2) is 53.3 Å². The smallest absolute Gasteiger partial charge is 0.306 e. The summed E-state index contributed by atoms with van der Waals surface area (Å²) >= 11 is 0. The molecule has 0 aliphatic heterocycles. The monoisotopic (exact) mass is 382 g/mol. The highest BCUT2D eigenvalue weighted by molar-refractivity contribution is 6.00. The molecule has 0 saturated carbocycles. The number of para-hydroxylation sites is 1. The average Bonchev–Trinajstić information content (AvgIpc) is 2.68. The number of aromatic nitrogens is 2. The summed E-state index contributed by atoms with van der Waals surface area (Å²) in [5.74, 6) is -0.867. The molecule has 0 fully saturated rings. The van der Waals surface area contributed by atoms with Crippen molar-refractivity contribution in [2.24, 2.45) is 0 Å². The number of fused-ring (bicyclic) bond motifs is 1. The third kappa shape index (κ3) is 4.68. The van der Waals surface area contributed by atoms with Gasteiger partial charge < -0.3 is 9.72 Å². The number of aryl methyl sites for hydroxylation is 1. The minimum Gasteiger partial charge on any atom is -0.454 e. The minimum absolute atomic E-state index is 0.0809. The first-order chi connectivity index (χ1) is 13.4. The number of esters is 1. The van der Waals surface area contributed by atoms with Crippen LogP contribution in [0.3, 0.4) is 0 Å². The fourth-order valence-corrected chi connectivity index (χ4v) is 2.81. The number of nitrogens with zero attached hydrogens (tertiary/aromatic N) is 1. The van der Waals surface area contributed by atoms with Gasteiger partial charge in [0.1, 0.15) is 11.6 Å². The number of aromatic amines is 1. The Bertz CT molecular complexity index is 1060. The minimum atomic E-state index is -0.962. The molecule has 0 radical (unpaired) electrons. The van der Waals surface area contributed by atoms with Gasteiger partial charge in [-0.05, 0) is 49.7 Å². The number of carbonyl (C=O) groups is 2. The summed E-state index contributed by atoms with van der Waals surface area (Å²) in [4.78, 5) is 43.3. The van der Waals surface area contributed by atoms with Crippen molar-refractivity contribution in [2.45, 2.75) is 32.3 Å². The molecule has 2 aromatic carbocycles. The molecule has 7 heteroatoms. The number of rotatable bonds is 7. The molecule has 0 unspecified atom stereocenters. The fourth-order valence-electron chi connectivity index (χ4n) is 2.81. The van der Waals surface area contributed by atoms with Gasteiger partial charge in [0.2, 0.25) is 5.78 Å². The maximum absolute atomic E-state index is 12.9. The predicted molar refractivity (Wildman–Crippen MR) is 102 cm³/mol. The van der Waals surface area contributed by atoms with E-state index in [-0.39, 0.29) is 17.5 Å². The third-order valence-electron chi connectivity index (χ3n) is 4.26. The van der Waals surface area contributed by atoms with Gasteiger partial charge in [0.15, 0.2) is 6.10 Å². The molecule has 0 saturated heterocycles. The molecule has 144 valence electrons. The molecule has 1 heterocycles. The lowest BCUT2D eigenvalue weighted by molar-refractivity contribution is -0.146. The number of H-pyrrole nitrogens is 1. The number of ketones is 1. The van der Waals surface area contributed by atoms with Crippen LogP contribution in [0.5, 0.6) is 0 Å². The molecular formula is C21H19FN2O4. The molecule has 3 aromatic rings. The SMILES string of the molecule is C[C@@H](OC(=O)CCCc1nc2ccccc2c(=O)[nH]1)C(=O)c1ccc(F)cc1. The summed E-state index contributed by atoms with van der Waals surface area (Å²) in [7, 11) is 0. The molecular weight excluding hydrogens is 363 g/mol. The van der Waals surface area contributed by atoms with Gasteiger partial charge in [0.25, 0.3) is 5.56 Å². The lowest BCUT2D eigenvalue weighted by Gasteiger charge is -2.12. The lowest BCUT2D eigenvalue weighted by Crippen LogP contribution is -2.24. The highest BCUT2D eigenvalue weighted by Crippen LogP contribution is 2.11. The van der Waals surface area contributed by atoms with E-state index in [0.29, 0.717) is 29.6 Å². The second-order valence-electron chi connectivity index (χ2n) is 6.39. The number of ether oxygens (including phenoxy) is 1. The van der Waals surface area contributed by atoms with Crippen molar-refractivity contribution in [2.75, 3.05) is 0 Å². The van der Waals surface area contributed by atoms with E-state index in [1.165, 1.54) is 31.2 Å². The van der Waals surface area contributed by atoms with Crippen LogP contribution in [0.2, 0.25) is 0 Å². The number of Topliss-reactive ketones (excluding diaryl/α,β-unsaturated/α-hetero) is 1. The van der Waals surface area contributed by atoms with Gasteiger partial charge in [-0.25, -0.2) is 9.37 Å². The zero-order valence-electron chi connectivity index (χ0n) is 15.3. The Morgan fingerprint density at radius 3 is 2.61 bits per heavy atom. The van der Waals surface area contributed by atoms with Gasteiger partial charge in [0.05, 0.1) is 10.9 Å². The highest BCUT2D eigenvalue weighted by Gasteiger charge is 2.19. The van der Waals surface area contributed by atoms with E-state index in [1.54, 1.807) is 24.3 Å². The van der Waals surface area contributed by atoms with Crippen LogP contribution in [0, 0.1) is 5.82 Å². The highest BCUT2D eigenvalue weighted by atomic mass is 19.1. The van der Waals surface area contributed by atoms with E-state index in [1.807, 2.05) is 0 Å². The van der Waals surface area contributed by atoms with E-state index in [2.05, 4.69) is 9.97 Å². The Kier molecular flexibility index (Phi) is 5.93. The summed E-state index contributed by atoms with van der Waals surface area (Å²) in [5.41, 5.74) is 0.656. The summed E-state index contributed by atoms with van der Waals surface area (Å²) < 4.78 is 18.1. The van der Waals surface area contributed by atoms with Crippen LogP contribution >= 0.6 is 0 Å². The van der Waals surface area contributed by atoms with Crippen molar-refractivity contribution in [1.29, 1.82) is 0 Å². The van der Waals surface area contributed by atoms with Gasteiger partial charge in [-0.3, -0.25) is 14.4 Å². The van der Waals surface area contributed by atoms with Gasteiger partial charge in [-0.15, -0.1) is 0 Å². The number of benzene rings is 2. The molecule has 0 amide bonds. The van der Waals surface area contributed by atoms with E-state index >= 15 is 0 Å². The second kappa shape index (κ2) is 8.56. The molecule has 28 heavy (non-hydrogen) atoms. The van der Waals surface area contributed by atoms with Crippen LogP contribution in [0.25, 0.3) is 10.9 Å². The molecule has 1 N–H and O–H groups in total. The van der Waals surface area contributed by atoms with Crippen molar-refractivity contribution in [1.82, 2.24) is 9.97 Å². The quantitative estimate of drug-likeness (QED) is 0.501. The van der Waals surface area contributed by atoms with Crippen LogP contribution < -0.4 is 5.56 Å². The van der Waals surface area contributed by atoms with Crippen molar-refractivity contribution >= 4 is 22.7 Å². The third-order valence-corrected chi connectivity index (χ3v) is 4.26. The molecule has 3 rings (SSSR count). The van der Waals surface area contributed by atoms with Gasteiger partial charge in [-0.1, -0.05) is 12.1 Å². The van der Waals surface area contributed by atoms with Crippen LogP contribution in [-0.4, -0.2) is 27.8 Å². The van der Waals surface area contributed by atoms with E-state index < -0.39 is 23.7 Å². The molecule has 0 bridgehead atoms. The van der Waals surface area contributed by atoms with Crippen molar-refractivity contribution in [3.05, 3.63) is 76.1 Å². The van der Waals surface area contributed by atoms with Crippen molar-refractivity contribution < 1.29 is 18.7 Å². The first-order valence-corrected chi connectivity index (χ1v) is 8.91. The number of hydrogen-bond donors (Lipinski definition) is 1. The number of hydrogen-bond acceptors (Lipinski definition) is 5. The molecule has 0 aliphatic rings. The number of halogens is 1. The van der Waals surface area contributed by atoms with Gasteiger partial charge in [0, 0.05) is 18.4 Å². The first-order valence-electron chi connectivity index (χ1n) is 8.91. The normalized spacial score (nSPS) is 11.9. The summed E-state index contributed by atoms with van der Waals surface area (Å²) in [6.07, 6.45) is -0.0681. The van der Waals surface area contributed by atoms with E-state index in [0.717, 1.165) is 0 Å². The Balaban J connectivity index is 1.52. The van der Waals surface area contributed by atoms with Crippen molar-refractivity contribution in [3.63, 3.8) is 0 Å². The van der Waals surface area contributed by atoms with Gasteiger partial charge >= 0.3 is 5.97 Å². The largest absolute Gasteiger partial charge is 0.454 e. The molecule has 0 spiro atoms. The maximum atomic E-state index is 12.9. The summed E-state index contributed by atoms with van der Waals surface area (Å²) in [5, 5.41) is 0.513. The number of carbonyl (C=O) groups excluding carboxylic acids is 2. The molecule has 1 aromatic heterocycles. The Morgan fingerprint density at radius 1 is 1.14 bits per heavy atom. The average molecular weight is 382 g/mol. The maximum Gasteiger partial charge on any atom is 0.306 e. The Morgan fingerprint density at radius 2 is 1.86 bits per heavy atom. The number of nitrogens with one attached hydrogen (secondary N) is 1. The fraction of sp³-hybridized carbons (Fsp3) is 0.238. The molecule has 0 aliphatic carbocycles. The Hall–Kier alpha value is -3.35. The predicted octanol–water partition coefficient (Wildman–Crippen LogP) is 3.20. The topological polar surface area (TPSA) is 89.1 Å². The summed E-state index contributed by atoms with van der Waals surface area (Å²) in [6.45, 7) is 1.48. The summed E-state index contributed by atoms with van der Waals surface area (Å²) in [6, 6.07) is 12.1. The van der Waals surface area contributed by atoms with E-state index in [9.17, 15) is 18.8 Å². The van der Waals surface area contributed by atoms with Crippen molar-refractivity contribution in [3.8, 4) is 0 Å². The van der Waals surface area contributed by atoms with Crippen LogP contribution in [0.4, 0.5) is 4.39 Å². The standard InChI is InChI=1S/C21H19FN2O4/c1-13(20(26)14-9-11-15(22)12-10-14)28-19(25)8-4-7-18-23-17-6-3-2-5-16(17)21(27)24-18/h2-3,5-6,9-13H,4,7-8H2,1H3,(H,23,24,27)/t13-/m1/s1. The van der Waals surface area contributed by atoms with Crippen LogP contribution in [0.1, 0.15) is 35.9 Å². The van der Waals surface area contributed by atoms with E-state index in [4.69, 9.17) is 4.74 Å².